The van der Waals surface area contributed by atoms with Crippen LogP contribution in [0.1, 0.15) is 55.8 Å². The first-order valence-electron chi connectivity index (χ1n) is 13.3. The number of fused-ring (bicyclic) bond motifs is 1. The number of carbonyl (C=O) groups excluding carboxylic acids is 2. The summed E-state index contributed by atoms with van der Waals surface area (Å²) in [6, 6.07) is 15.8. The molecule has 1 N–H and O–H groups in total. The van der Waals surface area contributed by atoms with Gasteiger partial charge in [0, 0.05) is 49.8 Å². The van der Waals surface area contributed by atoms with Gasteiger partial charge in [0.15, 0.2) is 5.58 Å². The number of nitrogens with zero attached hydrogens (tertiary/aromatic N) is 3. The number of aromatic nitrogens is 1. The molecule has 1 aromatic heterocycles. The van der Waals surface area contributed by atoms with Gasteiger partial charge in [-0.1, -0.05) is 24.6 Å². The average Bonchev–Trinajstić information content (AvgIpc) is 3.34. The minimum Gasteiger partial charge on any atom is -0.436 e. The fraction of sp³-hybridized carbons (Fsp3) is 0.483. The standard InChI is InChI=1S/C29H36N4O3/c1-21-7-5-6-15-32(21)18-14-30-27(34)19-22-12-16-33(17-13-22)29(35)24-10-11-25-26(20-24)36-28(31-25)23-8-3-2-4-9-23/h2-4,8-11,20-22H,5-7,12-19H2,1H3,(H,30,34). The molecule has 1 unspecified atom stereocenters. The van der Waals surface area contributed by atoms with Gasteiger partial charge >= 0.3 is 0 Å². The summed E-state index contributed by atoms with van der Waals surface area (Å²) in [4.78, 5) is 34.5. The van der Waals surface area contributed by atoms with Gasteiger partial charge in [0.05, 0.1) is 0 Å². The summed E-state index contributed by atoms with van der Waals surface area (Å²) in [6.07, 6.45) is 6.08. The summed E-state index contributed by atoms with van der Waals surface area (Å²) >= 11 is 0. The van der Waals surface area contributed by atoms with Gasteiger partial charge < -0.3 is 14.6 Å². The molecule has 190 valence electrons. The van der Waals surface area contributed by atoms with Crippen molar-refractivity contribution >= 4 is 22.9 Å². The molecule has 2 aromatic carbocycles. The Morgan fingerprint density at radius 3 is 2.61 bits per heavy atom. The molecule has 1 atom stereocenters. The van der Waals surface area contributed by atoms with E-state index in [0.717, 1.165) is 43.6 Å². The van der Waals surface area contributed by atoms with Crippen molar-refractivity contribution in [3.05, 3.63) is 54.1 Å². The van der Waals surface area contributed by atoms with Gasteiger partial charge in [-0.3, -0.25) is 14.5 Å². The fourth-order valence-corrected chi connectivity index (χ4v) is 5.45. The lowest BCUT2D eigenvalue weighted by Crippen LogP contribution is -2.43. The molecule has 0 saturated carbocycles. The third-order valence-corrected chi connectivity index (χ3v) is 7.69. The molecular weight excluding hydrogens is 452 g/mol. The second-order valence-corrected chi connectivity index (χ2v) is 10.2. The molecule has 0 aliphatic carbocycles. The number of hydrogen-bond donors (Lipinski definition) is 1. The van der Waals surface area contributed by atoms with E-state index in [1.165, 1.54) is 19.3 Å². The highest BCUT2D eigenvalue weighted by atomic mass is 16.3. The van der Waals surface area contributed by atoms with Crippen molar-refractivity contribution < 1.29 is 14.0 Å². The van der Waals surface area contributed by atoms with E-state index in [1.807, 2.05) is 47.4 Å². The summed E-state index contributed by atoms with van der Waals surface area (Å²) in [5.74, 6) is 1.02. The van der Waals surface area contributed by atoms with E-state index in [9.17, 15) is 9.59 Å². The molecular formula is C29H36N4O3. The molecule has 2 aliphatic heterocycles. The van der Waals surface area contributed by atoms with Crippen molar-refractivity contribution in [2.45, 2.75) is 51.5 Å². The van der Waals surface area contributed by atoms with E-state index in [-0.39, 0.29) is 11.8 Å². The predicted octanol–water partition coefficient (Wildman–Crippen LogP) is 4.73. The molecule has 2 saturated heterocycles. The van der Waals surface area contributed by atoms with Crippen LogP contribution in [0.4, 0.5) is 0 Å². The summed E-state index contributed by atoms with van der Waals surface area (Å²) in [7, 11) is 0. The minimum absolute atomic E-state index is 0.00751. The maximum Gasteiger partial charge on any atom is 0.253 e. The van der Waals surface area contributed by atoms with Gasteiger partial charge in [0.25, 0.3) is 5.91 Å². The molecule has 36 heavy (non-hydrogen) atoms. The minimum atomic E-state index is 0.00751. The van der Waals surface area contributed by atoms with Crippen LogP contribution >= 0.6 is 0 Å². The van der Waals surface area contributed by atoms with E-state index >= 15 is 0 Å². The number of rotatable bonds is 7. The number of likely N-dealkylation sites (tertiary alicyclic amines) is 2. The maximum atomic E-state index is 13.1. The summed E-state index contributed by atoms with van der Waals surface area (Å²) in [5.41, 5.74) is 2.88. The van der Waals surface area contributed by atoms with Crippen molar-refractivity contribution in [2.75, 3.05) is 32.7 Å². The molecule has 0 bridgehead atoms. The van der Waals surface area contributed by atoms with Crippen molar-refractivity contribution in [3.63, 3.8) is 0 Å². The lowest BCUT2D eigenvalue weighted by Gasteiger charge is -2.33. The molecule has 2 fully saturated rings. The first kappa shape index (κ1) is 24.5. The van der Waals surface area contributed by atoms with Gasteiger partial charge in [-0.25, -0.2) is 4.98 Å². The average molecular weight is 489 g/mol. The van der Waals surface area contributed by atoms with Crippen molar-refractivity contribution in [2.24, 2.45) is 5.92 Å². The number of hydrogen-bond acceptors (Lipinski definition) is 5. The van der Waals surface area contributed by atoms with E-state index in [2.05, 4.69) is 22.1 Å². The largest absolute Gasteiger partial charge is 0.436 e. The molecule has 3 heterocycles. The zero-order valence-corrected chi connectivity index (χ0v) is 21.1. The predicted molar refractivity (Wildman–Crippen MR) is 141 cm³/mol. The first-order valence-corrected chi connectivity index (χ1v) is 13.3. The second-order valence-electron chi connectivity index (χ2n) is 10.2. The van der Waals surface area contributed by atoms with Gasteiger partial charge in [-0.05, 0) is 75.4 Å². The fourth-order valence-electron chi connectivity index (χ4n) is 5.45. The van der Waals surface area contributed by atoms with E-state index in [1.54, 1.807) is 6.07 Å². The maximum absolute atomic E-state index is 13.1. The smallest absolute Gasteiger partial charge is 0.253 e. The number of nitrogens with one attached hydrogen (secondary N) is 1. The Labute approximate surface area is 212 Å². The van der Waals surface area contributed by atoms with Gasteiger partial charge in [-0.2, -0.15) is 0 Å². The van der Waals surface area contributed by atoms with Crippen LogP contribution < -0.4 is 5.32 Å². The molecule has 5 rings (SSSR count). The van der Waals surface area contributed by atoms with Crippen LogP contribution in [0.15, 0.2) is 52.9 Å². The van der Waals surface area contributed by atoms with Crippen LogP contribution in [0.25, 0.3) is 22.6 Å². The van der Waals surface area contributed by atoms with Crippen LogP contribution in [0.5, 0.6) is 0 Å². The molecule has 7 nitrogen and oxygen atoms in total. The Kier molecular flexibility index (Phi) is 7.66. The number of oxazole rings is 1. The monoisotopic (exact) mass is 488 g/mol. The SMILES string of the molecule is CC1CCCCN1CCNC(=O)CC1CCN(C(=O)c2ccc3nc(-c4ccccc4)oc3c2)CC1. The van der Waals surface area contributed by atoms with E-state index in [0.29, 0.717) is 48.5 Å². The van der Waals surface area contributed by atoms with E-state index in [4.69, 9.17) is 4.42 Å². The molecule has 0 radical (unpaired) electrons. The molecule has 2 amide bonds. The lowest BCUT2D eigenvalue weighted by molar-refractivity contribution is -0.122. The Hall–Kier alpha value is -3.19. The zero-order chi connectivity index (χ0) is 24.9. The molecule has 7 heteroatoms. The zero-order valence-electron chi connectivity index (χ0n) is 21.1. The van der Waals surface area contributed by atoms with Crippen molar-refractivity contribution in [1.82, 2.24) is 20.1 Å². The van der Waals surface area contributed by atoms with Gasteiger partial charge in [-0.15, -0.1) is 0 Å². The Balaban J connectivity index is 1.09. The molecule has 2 aliphatic rings. The van der Waals surface area contributed by atoms with Crippen molar-refractivity contribution in [3.8, 4) is 11.5 Å². The van der Waals surface area contributed by atoms with Crippen LogP contribution in [-0.4, -0.2) is 65.4 Å². The second kappa shape index (κ2) is 11.2. The van der Waals surface area contributed by atoms with Crippen LogP contribution in [0, 0.1) is 5.92 Å². The van der Waals surface area contributed by atoms with Gasteiger partial charge in [0.1, 0.15) is 5.52 Å². The Morgan fingerprint density at radius 1 is 1.03 bits per heavy atom. The first-order chi connectivity index (χ1) is 17.6. The Morgan fingerprint density at radius 2 is 1.83 bits per heavy atom. The van der Waals surface area contributed by atoms with Crippen molar-refractivity contribution in [1.29, 1.82) is 0 Å². The number of amides is 2. The summed E-state index contributed by atoms with van der Waals surface area (Å²) in [5, 5.41) is 3.11. The number of piperidine rings is 2. The third-order valence-electron chi connectivity index (χ3n) is 7.69. The topological polar surface area (TPSA) is 78.7 Å². The number of benzene rings is 2. The normalized spacial score (nSPS) is 19.5. The van der Waals surface area contributed by atoms with E-state index < -0.39 is 0 Å². The number of carbonyl (C=O) groups is 2. The summed E-state index contributed by atoms with van der Waals surface area (Å²) in [6.45, 7) is 6.42. The quantitative estimate of drug-likeness (QED) is 0.520. The van der Waals surface area contributed by atoms with Crippen LogP contribution in [0.2, 0.25) is 0 Å². The third kappa shape index (κ3) is 5.78. The molecule has 3 aromatic rings. The van der Waals surface area contributed by atoms with Gasteiger partial charge in [0.2, 0.25) is 11.8 Å². The lowest BCUT2D eigenvalue weighted by atomic mass is 9.93. The van der Waals surface area contributed by atoms with Crippen LogP contribution in [-0.2, 0) is 4.79 Å². The Bertz CT molecular complexity index is 1180. The van der Waals surface area contributed by atoms with Crippen LogP contribution in [0.3, 0.4) is 0 Å². The highest BCUT2D eigenvalue weighted by Crippen LogP contribution is 2.26. The highest BCUT2D eigenvalue weighted by Gasteiger charge is 2.26. The highest BCUT2D eigenvalue weighted by molar-refractivity contribution is 5.97. The molecule has 0 spiro atoms. The summed E-state index contributed by atoms with van der Waals surface area (Å²) < 4.78 is 5.94.